The van der Waals surface area contributed by atoms with E-state index in [9.17, 15) is 0 Å². The van der Waals surface area contributed by atoms with Crippen molar-refractivity contribution in [3.63, 3.8) is 0 Å². The van der Waals surface area contributed by atoms with Gasteiger partial charge in [-0.25, -0.2) is 0 Å². The van der Waals surface area contributed by atoms with Gasteiger partial charge in [-0.05, 0) is 48.2 Å². The number of aryl methyl sites for hydroxylation is 1. The Morgan fingerprint density at radius 3 is 2.42 bits per heavy atom. The van der Waals surface area contributed by atoms with Gasteiger partial charge in [-0.3, -0.25) is 4.90 Å². The topological polar surface area (TPSA) is 34.2 Å². The van der Waals surface area contributed by atoms with Gasteiger partial charge < -0.3 is 10.3 Å². The monoisotopic (exact) mass is 319 g/mol. The number of nitrogens with zero attached hydrogens (tertiary/aromatic N) is 2. The molecule has 0 saturated carbocycles. The molecule has 4 rings (SSSR count). The molecule has 2 N–H and O–H groups in total. The summed E-state index contributed by atoms with van der Waals surface area (Å²) in [6.07, 6.45) is 0. The summed E-state index contributed by atoms with van der Waals surface area (Å²) in [5.74, 6) is 0. The molecule has 0 fully saturated rings. The zero-order valence-electron chi connectivity index (χ0n) is 14.7. The molecular formula is C21H25N3. The molecule has 24 heavy (non-hydrogen) atoms. The molecule has 1 aromatic heterocycles. The predicted octanol–water partition coefficient (Wildman–Crippen LogP) is 4.02. The van der Waals surface area contributed by atoms with Gasteiger partial charge in [0.1, 0.15) is 0 Å². The molecule has 1 aliphatic heterocycles. The zero-order valence-corrected chi connectivity index (χ0v) is 14.7. The molecule has 1 aliphatic rings. The molecule has 3 nitrogen and oxygen atoms in total. The third-order valence-corrected chi connectivity index (χ3v) is 5.35. The summed E-state index contributed by atoms with van der Waals surface area (Å²) in [7, 11) is 2.15. The summed E-state index contributed by atoms with van der Waals surface area (Å²) >= 11 is 0. The van der Waals surface area contributed by atoms with Crippen LogP contribution >= 0.6 is 0 Å². The zero-order chi connectivity index (χ0) is 16.8. The fourth-order valence-electron chi connectivity index (χ4n) is 4.09. The average Bonchev–Trinajstić information content (AvgIpc) is 3.05. The van der Waals surface area contributed by atoms with Crippen molar-refractivity contribution in [1.82, 2.24) is 9.47 Å². The van der Waals surface area contributed by atoms with Crippen molar-refractivity contribution in [2.24, 2.45) is 12.8 Å². The largest absolute Gasteiger partial charge is 0.348 e. The number of nitrogens with two attached hydrogens (primary N) is 1. The van der Waals surface area contributed by atoms with Crippen LogP contribution in [0.3, 0.4) is 0 Å². The van der Waals surface area contributed by atoms with Crippen LogP contribution < -0.4 is 5.73 Å². The van der Waals surface area contributed by atoms with Crippen LogP contribution in [-0.4, -0.2) is 9.47 Å². The van der Waals surface area contributed by atoms with Crippen molar-refractivity contribution in [2.75, 3.05) is 0 Å². The maximum Gasteiger partial charge on any atom is 0.0486 e. The summed E-state index contributed by atoms with van der Waals surface area (Å²) in [5, 5.41) is 1.32. The summed E-state index contributed by atoms with van der Waals surface area (Å²) in [4.78, 5) is 2.51. The minimum atomic E-state index is 0.0635. The fraction of sp³-hybridized carbons (Fsp3) is 0.333. The van der Waals surface area contributed by atoms with E-state index >= 15 is 0 Å². The van der Waals surface area contributed by atoms with Gasteiger partial charge in [0.05, 0.1) is 0 Å². The molecule has 1 atom stereocenters. The van der Waals surface area contributed by atoms with Crippen molar-refractivity contribution in [3.8, 4) is 0 Å². The number of fused-ring (bicyclic) bond motifs is 2. The van der Waals surface area contributed by atoms with Gasteiger partial charge in [-0.15, -0.1) is 0 Å². The lowest BCUT2D eigenvalue weighted by molar-refractivity contribution is 0.275. The van der Waals surface area contributed by atoms with Crippen molar-refractivity contribution in [1.29, 1.82) is 0 Å². The number of hydrogen-bond donors (Lipinski definition) is 1. The van der Waals surface area contributed by atoms with E-state index in [1.807, 2.05) is 0 Å². The van der Waals surface area contributed by atoms with Gasteiger partial charge >= 0.3 is 0 Å². The van der Waals surface area contributed by atoms with Crippen molar-refractivity contribution in [2.45, 2.75) is 39.5 Å². The van der Waals surface area contributed by atoms with Crippen LogP contribution in [0, 0.1) is 6.92 Å². The van der Waals surface area contributed by atoms with Crippen molar-refractivity contribution < 1.29 is 0 Å². The van der Waals surface area contributed by atoms with Crippen LogP contribution in [-0.2, 0) is 26.7 Å². The summed E-state index contributed by atoms with van der Waals surface area (Å²) in [6, 6.07) is 15.5. The molecule has 1 unspecified atom stereocenters. The fourth-order valence-corrected chi connectivity index (χ4v) is 4.09. The lowest BCUT2D eigenvalue weighted by Gasteiger charge is -2.14. The molecule has 0 amide bonds. The number of rotatable bonds is 3. The maximum absolute atomic E-state index is 6.24. The predicted molar refractivity (Wildman–Crippen MR) is 99.7 cm³/mol. The normalized spacial score (nSPS) is 15.8. The van der Waals surface area contributed by atoms with E-state index in [0.29, 0.717) is 0 Å². The van der Waals surface area contributed by atoms with Crippen LogP contribution in [0.5, 0.6) is 0 Å². The Morgan fingerprint density at radius 2 is 1.75 bits per heavy atom. The first-order valence-electron chi connectivity index (χ1n) is 8.67. The quantitative estimate of drug-likeness (QED) is 0.791. The number of hydrogen-bond acceptors (Lipinski definition) is 2. The molecule has 0 aliphatic carbocycles. The van der Waals surface area contributed by atoms with E-state index in [1.165, 1.54) is 38.9 Å². The maximum atomic E-state index is 6.24. The molecule has 3 heteroatoms. The Hall–Kier alpha value is -2.10. The van der Waals surface area contributed by atoms with Crippen LogP contribution in [0.4, 0.5) is 0 Å². The highest BCUT2D eigenvalue weighted by Gasteiger charge is 2.23. The average molecular weight is 319 g/mol. The van der Waals surface area contributed by atoms with Crippen LogP contribution in [0.1, 0.15) is 40.9 Å². The third-order valence-electron chi connectivity index (χ3n) is 5.35. The molecular weight excluding hydrogens is 294 g/mol. The van der Waals surface area contributed by atoms with Crippen LogP contribution in [0.15, 0.2) is 42.5 Å². The highest BCUT2D eigenvalue weighted by Crippen LogP contribution is 2.34. The van der Waals surface area contributed by atoms with E-state index in [-0.39, 0.29) is 6.04 Å². The summed E-state index contributed by atoms with van der Waals surface area (Å²) in [6.45, 7) is 7.30. The minimum absolute atomic E-state index is 0.0635. The van der Waals surface area contributed by atoms with Gasteiger partial charge in [-0.2, -0.15) is 0 Å². The molecule has 0 saturated heterocycles. The van der Waals surface area contributed by atoms with Crippen LogP contribution in [0.2, 0.25) is 0 Å². The van der Waals surface area contributed by atoms with E-state index in [0.717, 1.165) is 19.6 Å². The van der Waals surface area contributed by atoms with E-state index in [1.54, 1.807) is 0 Å². The van der Waals surface area contributed by atoms with Gasteiger partial charge in [-0.1, -0.05) is 30.3 Å². The second-order valence-corrected chi connectivity index (χ2v) is 7.12. The van der Waals surface area contributed by atoms with E-state index < -0.39 is 0 Å². The smallest absolute Gasteiger partial charge is 0.0486 e. The Balaban J connectivity index is 1.70. The lowest BCUT2D eigenvalue weighted by atomic mass is 10.0. The standard InChI is InChI=1S/C21H25N3/c1-14(22)21-15(2)23(3)20-10-18-13-24(12-17(18)9-19(20)21)11-16-7-5-4-6-8-16/h4-10,14H,11-13,22H2,1-3H3. The Kier molecular flexibility index (Phi) is 3.70. The van der Waals surface area contributed by atoms with Crippen molar-refractivity contribution >= 4 is 10.9 Å². The lowest BCUT2D eigenvalue weighted by Crippen LogP contribution is -2.15. The second kappa shape index (κ2) is 5.76. The first-order chi connectivity index (χ1) is 11.5. The van der Waals surface area contributed by atoms with Crippen molar-refractivity contribution in [3.05, 3.63) is 70.4 Å². The molecule has 2 heterocycles. The molecule has 2 aromatic carbocycles. The molecule has 0 spiro atoms. The second-order valence-electron chi connectivity index (χ2n) is 7.12. The summed E-state index contributed by atoms with van der Waals surface area (Å²) in [5.41, 5.74) is 14.4. The molecule has 0 radical (unpaired) electrons. The minimum Gasteiger partial charge on any atom is -0.348 e. The first kappa shape index (κ1) is 15.4. The third kappa shape index (κ3) is 2.45. The van der Waals surface area contributed by atoms with Gasteiger partial charge in [0.25, 0.3) is 0 Å². The van der Waals surface area contributed by atoms with Gasteiger partial charge in [0.15, 0.2) is 0 Å². The van der Waals surface area contributed by atoms with E-state index in [4.69, 9.17) is 5.73 Å². The Bertz CT molecular complexity index is 891. The first-order valence-corrected chi connectivity index (χ1v) is 8.67. The van der Waals surface area contributed by atoms with Crippen LogP contribution in [0.25, 0.3) is 10.9 Å². The van der Waals surface area contributed by atoms with Gasteiger partial charge in [0, 0.05) is 49.3 Å². The highest BCUT2D eigenvalue weighted by molar-refractivity contribution is 5.87. The Morgan fingerprint density at radius 1 is 1.08 bits per heavy atom. The van der Waals surface area contributed by atoms with Gasteiger partial charge in [0.2, 0.25) is 0 Å². The number of aromatic nitrogens is 1. The molecule has 3 aromatic rings. The SMILES string of the molecule is Cc1c(C(C)N)c2cc3c(cc2n1C)CN(Cc1ccccc1)C3. The molecule has 124 valence electrons. The van der Waals surface area contributed by atoms with E-state index in [2.05, 4.69) is 72.8 Å². The Labute approximate surface area is 143 Å². The molecule has 0 bridgehead atoms. The number of benzene rings is 2. The highest BCUT2D eigenvalue weighted by atomic mass is 15.1. The summed E-state index contributed by atoms with van der Waals surface area (Å²) < 4.78 is 2.29.